The third-order valence-corrected chi connectivity index (χ3v) is 3.36. The van der Waals surface area contributed by atoms with Crippen LogP contribution < -0.4 is 11.1 Å². The normalized spacial score (nSPS) is 16.6. The number of anilines is 1. The van der Waals surface area contributed by atoms with E-state index in [-0.39, 0.29) is 11.9 Å². The molecule has 0 fully saturated rings. The molecule has 1 aromatic carbocycles. The molecule has 1 heterocycles. The van der Waals surface area contributed by atoms with Gasteiger partial charge in [0.25, 0.3) is 0 Å². The number of aryl methyl sites for hydroxylation is 2. The van der Waals surface area contributed by atoms with Crippen LogP contribution in [0, 0.1) is 12.8 Å². The molecule has 92 valence electrons. The standard InChI is InChI=1S/C14H20N2O/c1-8(2)13(15)11-7-9(3)6-10-4-5-12(17)16-14(10)11/h6-8,13H,4-5,15H2,1-3H3,(H,16,17). The molecule has 0 radical (unpaired) electrons. The Labute approximate surface area is 102 Å². The summed E-state index contributed by atoms with van der Waals surface area (Å²) in [4.78, 5) is 11.5. The van der Waals surface area contributed by atoms with Crippen LogP contribution in [-0.4, -0.2) is 5.91 Å². The summed E-state index contributed by atoms with van der Waals surface area (Å²) in [5.74, 6) is 0.457. The molecule has 0 aliphatic carbocycles. The zero-order valence-corrected chi connectivity index (χ0v) is 10.7. The van der Waals surface area contributed by atoms with E-state index in [0.717, 1.165) is 17.7 Å². The van der Waals surface area contributed by atoms with Crippen molar-refractivity contribution in [3.05, 3.63) is 28.8 Å². The average Bonchev–Trinajstić information content (AvgIpc) is 2.27. The number of benzene rings is 1. The van der Waals surface area contributed by atoms with Crippen LogP contribution >= 0.6 is 0 Å². The number of carbonyl (C=O) groups excluding carboxylic acids is 1. The summed E-state index contributed by atoms with van der Waals surface area (Å²) >= 11 is 0. The molecule has 1 atom stereocenters. The van der Waals surface area contributed by atoms with E-state index in [9.17, 15) is 4.79 Å². The van der Waals surface area contributed by atoms with Gasteiger partial charge >= 0.3 is 0 Å². The van der Waals surface area contributed by atoms with Crippen LogP contribution in [0.4, 0.5) is 5.69 Å². The fourth-order valence-corrected chi connectivity index (χ4v) is 2.31. The third-order valence-electron chi connectivity index (χ3n) is 3.36. The van der Waals surface area contributed by atoms with Gasteiger partial charge < -0.3 is 11.1 Å². The number of amides is 1. The van der Waals surface area contributed by atoms with E-state index in [1.165, 1.54) is 11.1 Å². The van der Waals surface area contributed by atoms with Crippen molar-refractivity contribution in [2.75, 3.05) is 5.32 Å². The van der Waals surface area contributed by atoms with Gasteiger partial charge in [-0.25, -0.2) is 0 Å². The molecule has 1 aliphatic rings. The molecule has 0 aromatic heterocycles. The maximum Gasteiger partial charge on any atom is 0.224 e. The molecule has 1 amide bonds. The second-order valence-electron chi connectivity index (χ2n) is 5.21. The minimum atomic E-state index is -0.0259. The number of rotatable bonds is 2. The van der Waals surface area contributed by atoms with E-state index in [0.29, 0.717) is 12.3 Å². The number of hydrogen-bond donors (Lipinski definition) is 2. The zero-order valence-electron chi connectivity index (χ0n) is 10.7. The molecule has 0 spiro atoms. The number of carbonyl (C=O) groups is 1. The lowest BCUT2D eigenvalue weighted by Gasteiger charge is -2.26. The second-order valence-corrected chi connectivity index (χ2v) is 5.21. The van der Waals surface area contributed by atoms with Gasteiger partial charge in [-0.2, -0.15) is 0 Å². The summed E-state index contributed by atoms with van der Waals surface area (Å²) in [6.45, 7) is 6.28. The summed E-state index contributed by atoms with van der Waals surface area (Å²) in [5, 5.41) is 2.97. The van der Waals surface area contributed by atoms with Crippen LogP contribution in [0.3, 0.4) is 0 Å². The molecule has 17 heavy (non-hydrogen) atoms. The zero-order chi connectivity index (χ0) is 12.6. The SMILES string of the molecule is Cc1cc2c(c(C(N)C(C)C)c1)NC(=O)CC2. The molecule has 1 aromatic rings. The summed E-state index contributed by atoms with van der Waals surface area (Å²) in [6.07, 6.45) is 1.40. The predicted octanol–water partition coefficient (Wildman–Crippen LogP) is 2.54. The van der Waals surface area contributed by atoms with Crippen molar-refractivity contribution in [2.45, 2.75) is 39.7 Å². The minimum absolute atomic E-state index is 0.0259. The van der Waals surface area contributed by atoms with E-state index in [2.05, 4.69) is 38.2 Å². The third kappa shape index (κ3) is 2.34. The lowest BCUT2D eigenvalue weighted by Crippen LogP contribution is -2.25. The monoisotopic (exact) mass is 232 g/mol. The summed E-state index contributed by atoms with van der Waals surface area (Å²) in [6, 6.07) is 4.21. The van der Waals surface area contributed by atoms with E-state index in [4.69, 9.17) is 5.73 Å². The Morgan fingerprint density at radius 3 is 2.65 bits per heavy atom. The first-order valence-corrected chi connectivity index (χ1v) is 6.18. The maximum absolute atomic E-state index is 11.5. The average molecular weight is 232 g/mol. The van der Waals surface area contributed by atoms with Crippen LogP contribution in [0.2, 0.25) is 0 Å². The minimum Gasteiger partial charge on any atom is -0.326 e. The van der Waals surface area contributed by atoms with Crippen molar-refractivity contribution < 1.29 is 4.79 Å². The molecule has 3 N–H and O–H groups in total. The van der Waals surface area contributed by atoms with Crippen molar-refractivity contribution in [1.82, 2.24) is 0 Å². The van der Waals surface area contributed by atoms with E-state index in [1.54, 1.807) is 0 Å². The van der Waals surface area contributed by atoms with Crippen molar-refractivity contribution >= 4 is 11.6 Å². The Morgan fingerprint density at radius 2 is 2.00 bits per heavy atom. The van der Waals surface area contributed by atoms with E-state index < -0.39 is 0 Å². The Balaban J connectivity index is 2.50. The van der Waals surface area contributed by atoms with Gasteiger partial charge in [-0.15, -0.1) is 0 Å². The second kappa shape index (κ2) is 4.49. The van der Waals surface area contributed by atoms with Crippen LogP contribution in [0.15, 0.2) is 12.1 Å². The largest absolute Gasteiger partial charge is 0.326 e. The Bertz CT molecular complexity index is 452. The van der Waals surface area contributed by atoms with Crippen molar-refractivity contribution in [1.29, 1.82) is 0 Å². The van der Waals surface area contributed by atoms with Crippen LogP contribution in [0.1, 0.15) is 43.0 Å². The summed E-state index contributed by atoms with van der Waals surface area (Å²) < 4.78 is 0. The number of fused-ring (bicyclic) bond motifs is 1. The highest BCUT2D eigenvalue weighted by Gasteiger charge is 2.22. The van der Waals surface area contributed by atoms with Gasteiger partial charge in [0.1, 0.15) is 0 Å². The number of hydrogen-bond acceptors (Lipinski definition) is 2. The van der Waals surface area contributed by atoms with Crippen LogP contribution in [0.25, 0.3) is 0 Å². The number of nitrogens with one attached hydrogen (secondary N) is 1. The molecule has 0 saturated heterocycles. The first kappa shape index (κ1) is 12.1. The van der Waals surface area contributed by atoms with Crippen molar-refractivity contribution in [3.63, 3.8) is 0 Å². The van der Waals surface area contributed by atoms with Crippen LogP contribution in [0.5, 0.6) is 0 Å². The highest BCUT2D eigenvalue weighted by Crippen LogP contribution is 2.33. The van der Waals surface area contributed by atoms with Gasteiger partial charge in [0.05, 0.1) is 0 Å². The van der Waals surface area contributed by atoms with Gasteiger partial charge in [-0.1, -0.05) is 31.5 Å². The lowest BCUT2D eigenvalue weighted by atomic mass is 9.89. The predicted molar refractivity (Wildman–Crippen MR) is 69.9 cm³/mol. The first-order chi connectivity index (χ1) is 7.99. The Hall–Kier alpha value is -1.35. The van der Waals surface area contributed by atoms with Crippen molar-refractivity contribution in [2.24, 2.45) is 11.7 Å². The number of nitrogens with two attached hydrogens (primary N) is 1. The molecule has 2 rings (SSSR count). The van der Waals surface area contributed by atoms with E-state index >= 15 is 0 Å². The van der Waals surface area contributed by atoms with Gasteiger partial charge in [-0.05, 0) is 30.4 Å². The summed E-state index contributed by atoms with van der Waals surface area (Å²) in [5.41, 5.74) is 10.7. The van der Waals surface area contributed by atoms with Gasteiger partial charge in [0, 0.05) is 18.2 Å². The maximum atomic E-state index is 11.5. The quantitative estimate of drug-likeness (QED) is 0.823. The molecule has 1 aliphatic heterocycles. The Kier molecular flexibility index (Phi) is 3.20. The van der Waals surface area contributed by atoms with Crippen molar-refractivity contribution in [3.8, 4) is 0 Å². The molecule has 1 unspecified atom stereocenters. The first-order valence-electron chi connectivity index (χ1n) is 6.18. The fourth-order valence-electron chi connectivity index (χ4n) is 2.31. The van der Waals surface area contributed by atoms with Crippen LogP contribution in [-0.2, 0) is 11.2 Å². The molecular formula is C14H20N2O. The Morgan fingerprint density at radius 1 is 1.29 bits per heavy atom. The molecule has 0 bridgehead atoms. The lowest BCUT2D eigenvalue weighted by molar-refractivity contribution is -0.116. The van der Waals surface area contributed by atoms with Gasteiger partial charge in [-0.3, -0.25) is 4.79 Å². The highest BCUT2D eigenvalue weighted by atomic mass is 16.1. The smallest absolute Gasteiger partial charge is 0.224 e. The topological polar surface area (TPSA) is 55.1 Å². The molecule has 3 heteroatoms. The summed E-state index contributed by atoms with van der Waals surface area (Å²) in [7, 11) is 0. The van der Waals surface area contributed by atoms with Gasteiger partial charge in [0.15, 0.2) is 0 Å². The molecule has 3 nitrogen and oxygen atoms in total. The fraction of sp³-hybridized carbons (Fsp3) is 0.500. The molecule has 0 saturated carbocycles. The van der Waals surface area contributed by atoms with E-state index in [1.807, 2.05) is 0 Å². The highest BCUT2D eigenvalue weighted by molar-refractivity contribution is 5.95. The molecular weight excluding hydrogens is 212 g/mol. The van der Waals surface area contributed by atoms with Gasteiger partial charge in [0.2, 0.25) is 5.91 Å².